The van der Waals surface area contributed by atoms with Crippen molar-refractivity contribution in [3.63, 3.8) is 0 Å². The van der Waals surface area contributed by atoms with Gasteiger partial charge in [0.1, 0.15) is 0 Å². The number of aryl methyl sites for hydroxylation is 1. The van der Waals surface area contributed by atoms with Gasteiger partial charge in [-0.3, -0.25) is 0 Å². The van der Waals surface area contributed by atoms with Crippen LogP contribution in [0.3, 0.4) is 0 Å². The maximum atomic E-state index is 12.0. The van der Waals surface area contributed by atoms with Crippen LogP contribution in [-0.4, -0.2) is 29.5 Å². The summed E-state index contributed by atoms with van der Waals surface area (Å²) in [5.41, 5.74) is 0. The largest absolute Gasteiger partial charge is 0.262 e. The fraction of sp³-hybridized carbons (Fsp3) is 0.750. The molecule has 1 heterocycles. The molecule has 0 radical (unpaired) electrons. The summed E-state index contributed by atoms with van der Waals surface area (Å²) in [4.78, 5) is 1.22. The van der Waals surface area contributed by atoms with Crippen molar-refractivity contribution in [3.8, 4) is 0 Å². The smallest absolute Gasteiger partial charge is 0.207 e. The molecule has 2 rings (SSSR count). The first-order chi connectivity index (χ1) is 7.40. The third kappa shape index (κ3) is 2.44. The number of sulfonamides is 1. The molecule has 0 amide bonds. The summed E-state index contributed by atoms with van der Waals surface area (Å²) < 4.78 is 26.8. The van der Waals surface area contributed by atoms with E-state index in [-0.39, 0.29) is 15.7 Å². The maximum Gasteiger partial charge on any atom is 0.262 e. The monoisotopic (exact) mass is 308 g/mol. The van der Waals surface area contributed by atoms with Crippen LogP contribution in [0, 0.1) is 5.92 Å². The zero-order chi connectivity index (χ0) is 11.9. The predicted octanol–water partition coefficient (Wildman–Crippen LogP) is 0.654. The zero-order valence-corrected chi connectivity index (χ0v) is 11.4. The quantitative estimate of drug-likeness (QED) is 0.886. The van der Waals surface area contributed by atoms with Gasteiger partial charge in [-0.15, -0.1) is 10.2 Å². The predicted molar refractivity (Wildman–Crippen MR) is 61.2 cm³/mol. The lowest BCUT2D eigenvalue weighted by atomic mass is 10.2. The molecule has 1 unspecified atom stereocenters. The zero-order valence-electron chi connectivity index (χ0n) is 9.01. The van der Waals surface area contributed by atoms with Gasteiger partial charge >= 0.3 is 0 Å². The van der Waals surface area contributed by atoms with Gasteiger partial charge in [0.2, 0.25) is 5.03 Å². The number of nitrogens with one attached hydrogen (secondary N) is 1. The molecule has 0 aromatic carbocycles. The fourth-order valence-corrected chi connectivity index (χ4v) is 3.75. The number of hydrogen-bond donors (Lipinski definition) is 1. The van der Waals surface area contributed by atoms with Crippen LogP contribution < -0.4 is 4.72 Å². The lowest BCUT2D eigenvalue weighted by molar-refractivity contribution is 0.531. The van der Waals surface area contributed by atoms with E-state index in [0.29, 0.717) is 5.92 Å². The molecular formula is C8H13BrN4O2S. The molecule has 0 spiro atoms. The maximum absolute atomic E-state index is 12.0. The van der Waals surface area contributed by atoms with Crippen LogP contribution in [0.25, 0.3) is 0 Å². The molecule has 0 bridgehead atoms. The molecule has 0 aliphatic heterocycles. The molecule has 0 saturated heterocycles. The van der Waals surface area contributed by atoms with Crippen molar-refractivity contribution in [1.29, 1.82) is 0 Å². The minimum Gasteiger partial charge on any atom is -0.207 e. The molecule has 1 aliphatic carbocycles. The average Bonchev–Trinajstić information content (AvgIpc) is 2.91. The lowest BCUT2D eigenvalue weighted by Crippen LogP contribution is -2.34. The highest BCUT2D eigenvalue weighted by Crippen LogP contribution is 2.33. The molecule has 1 aromatic heterocycles. The van der Waals surface area contributed by atoms with Crippen molar-refractivity contribution in [2.75, 3.05) is 0 Å². The van der Waals surface area contributed by atoms with Gasteiger partial charge in [0, 0.05) is 13.1 Å². The van der Waals surface area contributed by atoms with E-state index < -0.39 is 10.0 Å². The van der Waals surface area contributed by atoms with Gasteiger partial charge < -0.3 is 0 Å². The first-order valence-corrected chi connectivity index (χ1v) is 7.27. The van der Waals surface area contributed by atoms with Gasteiger partial charge in [-0.25, -0.2) is 13.1 Å². The van der Waals surface area contributed by atoms with Crippen molar-refractivity contribution in [2.24, 2.45) is 13.0 Å². The van der Waals surface area contributed by atoms with E-state index in [1.807, 2.05) is 6.92 Å². The summed E-state index contributed by atoms with van der Waals surface area (Å²) in [5, 5.41) is 7.62. The summed E-state index contributed by atoms with van der Waals surface area (Å²) >= 11 is 3.08. The Hall–Kier alpha value is -0.470. The third-order valence-electron chi connectivity index (χ3n) is 2.57. The normalized spacial score (nSPS) is 18.7. The number of aromatic nitrogens is 3. The Labute approximate surface area is 103 Å². The Balaban J connectivity index is 2.21. The van der Waals surface area contributed by atoms with E-state index >= 15 is 0 Å². The van der Waals surface area contributed by atoms with Crippen molar-refractivity contribution in [2.45, 2.75) is 30.8 Å². The minimum absolute atomic E-state index is 0.0427. The van der Waals surface area contributed by atoms with Crippen LogP contribution in [-0.2, 0) is 17.1 Å². The van der Waals surface area contributed by atoms with Crippen LogP contribution in [0.5, 0.6) is 0 Å². The van der Waals surface area contributed by atoms with Crippen LogP contribution >= 0.6 is 15.9 Å². The summed E-state index contributed by atoms with van der Waals surface area (Å²) in [6.45, 7) is 1.87. The average molecular weight is 309 g/mol. The topological polar surface area (TPSA) is 76.9 Å². The first-order valence-electron chi connectivity index (χ1n) is 4.99. The van der Waals surface area contributed by atoms with Gasteiger partial charge in [0.05, 0.1) is 0 Å². The number of halogens is 1. The summed E-state index contributed by atoms with van der Waals surface area (Å²) in [5.74, 6) is 0.463. The van der Waals surface area contributed by atoms with E-state index in [2.05, 4.69) is 30.8 Å². The second kappa shape index (κ2) is 4.08. The molecule has 1 aromatic rings. The lowest BCUT2D eigenvalue weighted by Gasteiger charge is -2.11. The Morgan fingerprint density at radius 1 is 1.50 bits per heavy atom. The molecule has 6 nitrogen and oxygen atoms in total. The van der Waals surface area contributed by atoms with Gasteiger partial charge in [0.15, 0.2) is 4.60 Å². The van der Waals surface area contributed by atoms with E-state index in [0.717, 1.165) is 12.8 Å². The number of nitrogens with zero attached hydrogens (tertiary/aromatic N) is 3. The van der Waals surface area contributed by atoms with Gasteiger partial charge in [-0.05, 0) is 41.6 Å². The van der Waals surface area contributed by atoms with Crippen LogP contribution in [0.4, 0.5) is 0 Å². The third-order valence-corrected chi connectivity index (χ3v) is 4.83. The SMILES string of the molecule is CC(NS(=O)(=O)c1nn(C)nc1Br)C1CC1. The Kier molecular flexibility index (Phi) is 3.06. The van der Waals surface area contributed by atoms with E-state index in [4.69, 9.17) is 0 Å². The number of hydrogen-bond acceptors (Lipinski definition) is 4. The highest BCUT2D eigenvalue weighted by atomic mass is 79.9. The van der Waals surface area contributed by atoms with Gasteiger partial charge in [-0.1, -0.05) is 0 Å². The molecule has 8 heteroatoms. The highest BCUT2D eigenvalue weighted by Gasteiger charge is 2.33. The Morgan fingerprint density at radius 2 is 2.12 bits per heavy atom. The Bertz CT molecular complexity index is 494. The van der Waals surface area contributed by atoms with E-state index in [1.54, 1.807) is 7.05 Å². The number of rotatable bonds is 4. The molecule has 1 atom stereocenters. The molecule has 1 fully saturated rings. The van der Waals surface area contributed by atoms with Gasteiger partial charge in [0.25, 0.3) is 10.0 Å². The molecular weight excluding hydrogens is 296 g/mol. The molecule has 1 N–H and O–H groups in total. The molecule has 90 valence electrons. The van der Waals surface area contributed by atoms with Gasteiger partial charge in [-0.2, -0.15) is 4.80 Å². The second-order valence-corrected chi connectivity index (χ2v) is 6.41. The standard InChI is InChI=1S/C8H13BrN4O2S/c1-5(6-3-4-6)12-16(14,15)8-7(9)10-13(2)11-8/h5-6,12H,3-4H2,1-2H3. The van der Waals surface area contributed by atoms with E-state index in [9.17, 15) is 8.42 Å². The second-order valence-electron chi connectivity index (χ2n) is 4.03. The molecule has 1 aliphatic rings. The van der Waals surface area contributed by atoms with Crippen molar-refractivity contribution < 1.29 is 8.42 Å². The summed E-state index contributed by atoms with van der Waals surface area (Å²) in [6.07, 6.45) is 2.18. The summed E-state index contributed by atoms with van der Waals surface area (Å²) in [6, 6.07) is -0.0427. The van der Waals surface area contributed by atoms with Crippen molar-refractivity contribution >= 4 is 26.0 Å². The highest BCUT2D eigenvalue weighted by molar-refractivity contribution is 9.10. The van der Waals surface area contributed by atoms with Crippen LogP contribution in [0.2, 0.25) is 0 Å². The summed E-state index contributed by atoms with van der Waals surface area (Å²) in [7, 11) is -1.99. The van der Waals surface area contributed by atoms with E-state index in [1.165, 1.54) is 4.80 Å². The first kappa shape index (κ1) is 12.0. The van der Waals surface area contributed by atoms with Crippen LogP contribution in [0.15, 0.2) is 9.63 Å². The fourth-order valence-electron chi connectivity index (χ4n) is 1.52. The molecule has 1 saturated carbocycles. The minimum atomic E-state index is -3.57. The van der Waals surface area contributed by atoms with Crippen LogP contribution in [0.1, 0.15) is 19.8 Å². The van der Waals surface area contributed by atoms with Crippen molar-refractivity contribution in [3.05, 3.63) is 4.60 Å². The molecule has 16 heavy (non-hydrogen) atoms. The van der Waals surface area contributed by atoms with Crippen molar-refractivity contribution in [1.82, 2.24) is 19.7 Å². The Morgan fingerprint density at radius 3 is 2.56 bits per heavy atom.